The molecule has 2 amide bonds. The minimum atomic E-state index is -0.579. The molecule has 2 N–H and O–H groups in total. The topological polar surface area (TPSA) is 103 Å². The van der Waals surface area contributed by atoms with Gasteiger partial charge in [-0.15, -0.1) is 0 Å². The third kappa shape index (κ3) is 11.1. The molecule has 1 aromatic carbocycles. The Balaban J connectivity index is 1.81. The van der Waals surface area contributed by atoms with Crippen molar-refractivity contribution < 1.29 is 28.6 Å². The van der Waals surface area contributed by atoms with Crippen molar-refractivity contribution >= 4 is 18.0 Å². The first-order valence-electron chi connectivity index (χ1n) is 12.0. The summed E-state index contributed by atoms with van der Waals surface area (Å²) >= 11 is 0. The largest absolute Gasteiger partial charge is 0.497 e. The van der Waals surface area contributed by atoms with Gasteiger partial charge < -0.3 is 24.8 Å². The van der Waals surface area contributed by atoms with E-state index in [4.69, 9.17) is 14.2 Å². The van der Waals surface area contributed by atoms with Crippen molar-refractivity contribution in [2.45, 2.75) is 52.2 Å². The first-order valence-corrected chi connectivity index (χ1v) is 12.0. The number of hydrogen-bond acceptors (Lipinski definition) is 6. The van der Waals surface area contributed by atoms with E-state index in [9.17, 15) is 14.4 Å². The lowest BCUT2D eigenvalue weighted by Gasteiger charge is -2.20. The van der Waals surface area contributed by atoms with Gasteiger partial charge in [0.1, 0.15) is 18.0 Å². The van der Waals surface area contributed by atoms with Gasteiger partial charge in [0, 0.05) is 25.1 Å². The van der Waals surface area contributed by atoms with Crippen molar-refractivity contribution in [1.82, 2.24) is 10.6 Å². The summed E-state index contributed by atoms with van der Waals surface area (Å²) in [6.45, 7) is 6.24. The summed E-state index contributed by atoms with van der Waals surface area (Å²) in [6, 6.07) is 7.30. The Morgan fingerprint density at radius 1 is 0.889 bits per heavy atom. The number of ether oxygens (including phenoxy) is 3. The number of allylic oxidation sites excluding steroid dienone is 5. The zero-order valence-corrected chi connectivity index (χ0v) is 21.5. The van der Waals surface area contributed by atoms with E-state index in [0.29, 0.717) is 31.5 Å². The van der Waals surface area contributed by atoms with Crippen LogP contribution in [-0.4, -0.2) is 43.8 Å². The Morgan fingerprint density at radius 2 is 1.58 bits per heavy atom. The number of nitrogens with one attached hydrogen (secondary N) is 2. The van der Waals surface area contributed by atoms with Gasteiger partial charge in [-0.1, -0.05) is 42.5 Å². The van der Waals surface area contributed by atoms with Gasteiger partial charge in [0.25, 0.3) is 5.91 Å². The van der Waals surface area contributed by atoms with Crippen molar-refractivity contribution in [3.63, 3.8) is 0 Å². The molecular weight excluding hydrogens is 460 g/mol. The average molecular weight is 497 g/mol. The molecule has 2 rings (SSSR count). The van der Waals surface area contributed by atoms with Crippen LogP contribution in [-0.2, 0) is 25.7 Å². The standard InChI is InChI=1S/C28H36N2O6/c1-28(2,3)36-27(33)30-19-17-22-10-7-5-6-8-11-24(22)26(32)29-18-9-12-25(31)35-20-21-13-15-23(34-4)16-14-21/h5-8,10-11,13-16H,9,12,17-20H2,1-4H3,(H,29,32)(H,30,33)/b6-5-,7-5?,8-6?,10-7-,11-8-,22-10?,24-11?,24-22-. The Morgan fingerprint density at radius 3 is 2.25 bits per heavy atom. The van der Waals surface area contributed by atoms with E-state index in [1.165, 1.54) is 0 Å². The van der Waals surface area contributed by atoms with Gasteiger partial charge in [-0.05, 0) is 63.0 Å². The van der Waals surface area contributed by atoms with Crippen molar-refractivity contribution in [2.24, 2.45) is 0 Å². The highest BCUT2D eigenvalue weighted by Crippen LogP contribution is 2.16. The van der Waals surface area contributed by atoms with E-state index < -0.39 is 11.7 Å². The Bertz CT molecular complexity index is 1010. The van der Waals surface area contributed by atoms with Crippen LogP contribution in [0.25, 0.3) is 0 Å². The highest BCUT2D eigenvalue weighted by atomic mass is 16.6. The van der Waals surface area contributed by atoms with Gasteiger partial charge in [-0.25, -0.2) is 4.79 Å². The summed E-state index contributed by atoms with van der Waals surface area (Å²) in [7, 11) is 1.59. The second-order valence-electron chi connectivity index (χ2n) is 9.09. The molecule has 36 heavy (non-hydrogen) atoms. The molecule has 0 atom stereocenters. The fourth-order valence-corrected chi connectivity index (χ4v) is 3.19. The molecule has 0 heterocycles. The normalized spacial score (nSPS) is 17.7. The van der Waals surface area contributed by atoms with Gasteiger partial charge in [-0.3, -0.25) is 9.59 Å². The van der Waals surface area contributed by atoms with Gasteiger partial charge in [-0.2, -0.15) is 0 Å². The van der Waals surface area contributed by atoms with Crippen LogP contribution in [0.5, 0.6) is 5.75 Å². The number of methoxy groups -OCH3 is 1. The van der Waals surface area contributed by atoms with Crippen molar-refractivity contribution in [3.05, 3.63) is 77.4 Å². The lowest BCUT2D eigenvalue weighted by atomic mass is 10.0. The molecule has 0 saturated carbocycles. The summed E-state index contributed by atoms with van der Waals surface area (Å²) in [5.74, 6) is 0.168. The molecular formula is C28H36N2O6. The average Bonchev–Trinajstić information content (AvgIpc) is 2.81. The second-order valence-corrected chi connectivity index (χ2v) is 9.09. The van der Waals surface area contributed by atoms with Crippen LogP contribution in [0.15, 0.2) is 71.9 Å². The number of amides is 2. The van der Waals surface area contributed by atoms with Gasteiger partial charge in [0.15, 0.2) is 0 Å². The van der Waals surface area contributed by atoms with E-state index in [1.54, 1.807) is 40.0 Å². The summed E-state index contributed by atoms with van der Waals surface area (Å²) in [4.78, 5) is 36.8. The molecule has 0 radical (unpaired) electrons. The predicted molar refractivity (Wildman–Crippen MR) is 138 cm³/mol. The highest BCUT2D eigenvalue weighted by Gasteiger charge is 2.17. The molecule has 0 fully saturated rings. The molecule has 1 aromatic rings. The molecule has 1 aliphatic rings. The maximum absolute atomic E-state index is 12.8. The third-order valence-electron chi connectivity index (χ3n) is 4.95. The van der Waals surface area contributed by atoms with Crippen LogP contribution in [0.1, 0.15) is 45.6 Å². The highest BCUT2D eigenvalue weighted by molar-refractivity contribution is 5.97. The molecule has 194 valence electrons. The quantitative estimate of drug-likeness (QED) is 0.345. The molecule has 0 aromatic heterocycles. The van der Waals surface area contributed by atoms with Crippen LogP contribution >= 0.6 is 0 Å². The van der Waals surface area contributed by atoms with Gasteiger partial charge in [0.05, 0.1) is 7.11 Å². The number of benzene rings is 1. The summed E-state index contributed by atoms with van der Waals surface area (Å²) in [5, 5.41) is 5.58. The minimum absolute atomic E-state index is 0.188. The fourth-order valence-electron chi connectivity index (χ4n) is 3.19. The molecule has 0 saturated heterocycles. The number of alkyl carbamates (subject to hydrolysis) is 1. The fraction of sp³-hybridized carbons (Fsp3) is 0.393. The van der Waals surface area contributed by atoms with Crippen LogP contribution in [0, 0.1) is 0 Å². The molecule has 8 nitrogen and oxygen atoms in total. The first-order chi connectivity index (χ1) is 17.2. The van der Waals surface area contributed by atoms with E-state index in [1.807, 2.05) is 48.6 Å². The number of esters is 1. The zero-order valence-electron chi connectivity index (χ0n) is 21.5. The maximum Gasteiger partial charge on any atom is 0.407 e. The third-order valence-corrected chi connectivity index (χ3v) is 4.95. The molecule has 0 bridgehead atoms. The van der Waals surface area contributed by atoms with E-state index in [2.05, 4.69) is 10.6 Å². The monoisotopic (exact) mass is 496 g/mol. The Labute approximate surface area is 213 Å². The second kappa shape index (κ2) is 14.6. The first kappa shape index (κ1) is 28.4. The molecule has 0 unspecified atom stereocenters. The van der Waals surface area contributed by atoms with E-state index in [0.717, 1.165) is 16.9 Å². The number of rotatable bonds is 11. The number of carbonyl (C=O) groups is 3. The van der Waals surface area contributed by atoms with Crippen molar-refractivity contribution in [1.29, 1.82) is 0 Å². The van der Waals surface area contributed by atoms with Crippen LogP contribution in [0.2, 0.25) is 0 Å². The van der Waals surface area contributed by atoms with Gasteiger partial charge in [0.2, 0.25) is 0 Å². The number of carbonyl (C=O) groups excluding carboxylic acids is 3. The maximum atomic E-state index is 12.8. The van der Waals surface area contributed by atoms with Crippen LogP contribution < -0.4 is 15.4 Å². The zero-order chi connectivity index (χ0) is 26.4. The van der Waals surface area contributed by atoms with Crippen molar-refractivity contribution in [2.75, 3.05) is 20.2 Å². The Hall–Kier alpha value is -3.81. The lowest BCUT2D eigenvalue weighted by Crippen LogP contribution is -2.33. The molecule has 1 aliphatic carbocycles. The van der Waals surface area contributed by atoms with Gasteiger partial charge >= 0.3 is 12.1 Å². The molecule has 0 aliphatic heterocycles. The number of hydrogen-bond donors (Lipinski definition) is 2. The summed E-state index contributed by atoms with van der Waals surface area (Å²) in [6.07, 6.45) is 11.5. The molecule has 8 heteroatoms. The lowest BCUT2D eigenvalue weighted by molar-refractivity contribution is -0.145. The Kier molecular flexibility index (Phi) is 11.5. The SMILES string of the molecule is COc1ccc(COC(=O)CCCNC(=O)C2=C(CCNC(=O)OC(C)(C)C)/C=C\C=C/C=C\2)cc1. The minimum Gasteiger partial charge on any atom is -0.497 e. The molecule has 0 spiro atoms. The summed E-state index contributed by atoms with van der Waals surface area (Å²) < 4.78 is 15.7. The summed E-state index contributed by atoms with van der Waals surface area (Å²) in [5.41, 5.74) is 1.58. The smallest absolute Gasteiger partial charge is 0.407 e. The van der Waals surface area contributed by atoms with E-state index in [-0.39, 0.29) is 24.9 Å². The van der Waals surface area contributed by atoms with E-state index >= 15 is 0 Å². The van der Waals surface area contributed by atoms with Crippen LogP contribution in [0.3, 0.4) is 0 Å². The van der Waals surface area contributed by atoms with Crippen LogP contribution in [0.4, 0.5) is 4.79 Å². The predicted octanol–water partition coefficient (Wildman–Crippen LogP) is 4.53. The van der Waals surface area contributed by atoms with Crippen molar-refractivity contribution in [3.8, 4) is 5.75 Å².